The van der Waals surface area contributed by atoms with Crippen molar-refractivity contribution in [3.05, 3.63) is 30.6 Å². The molecule has 1 heterocycles. The third kappa shape index (κ3) is 3.32. The molecule has 1 rings (SSSR count). The van der Waals surface area contributed by atoms with Gasteiger partial charge < -0.3 is 15.0 Å². The molecule has 1 aromatic rings. The lowest BCUT2D eigenvalue weighted by atomic mass is 10.3. The molecule has 0 radical (unpaired) electrons. The van der Waals surface area contributed by atoms with Gasteiger partial charge in [0.1, 0.15) is 12.2 Å². The number of nitrogens with two attached hydrogens (primary N) is 1. The van der Waals surface area contributed by atoms with Crippen LogP contribution in [0.5, 0.6) is 0 Å². The molecule has 15 heavy (non-hydrogen) atoms. The van der Waals surface area contributed by atoms with E-state index in [1.165, 1.54) is 6.08 Å². The number of nitrogen functional groups attached to an aromatic ring is 1. The van der Waals surface area contributed by atoms with Gasteiger partial charge in [-0.3, -0.25) is 0 Å². The zero-order chi connectivity index (χ0) is 10.6. The summed E-state index contributed by atoms with van der Waals surface area (Å²) in [6, 6.07) is 0. The standard InChI is InChI=1S/C10H14N2O2.ClH/c1-3-5-14-10(13)8-6-12(4-2)7-9(8)11;/h3,6-7H,1,4-5,11H2,2H3;1H. The number of hydrogen-bond acceptors (Lipinski definition) is 3. The smallest absolute Gasteiger partial charge is 0.342 e. The lowest BCUT2D eigenvalue weighted by Crippen LogP contribution is -2.06. The van der Waals surface area contributed by atoms with Crippen molar-refractivity contribution in [1.29, 1.82) is 0 Å². The van der Waals surface area contributed by atoms with Crippen molar-refractivity contribution in [3.8, 4) is 0 Å². The van der Waals surface area contributed by atoms with Crippen LogP contribution >= 0.6 is 12.4 Å². The highest BCUT2D eigenvalue weighted by Crippen LogP contribution is 2.14. The Morgan fingerprint density at radius 2 is 2.33 bits per heavy atom. The highest BCUT2D eigenvalue weighted by Gasteiger charge is 2.12. The Morgan fingerprint density at radius 3 is 2.80 bits per heavy atom. The highest BCUT2D eigenvalue weighted by molar-refractivity contribution is 5.95. The van der Waals surface area contributed by atoms with Gasteiger partial charge in [0, 0.05) is 18.9 Å². The van der Waals surface area contributed by atoms with Crippen molar-refractivity contribution >= 4 is 24.1 Å². The summed E-state index contributed by atoms with van der Waals surface area (Å²) in [5.74, 6) is -0.408. The summed E-state index contributed by atoms with van der Waals surface area (Å²) >= 11 is 0. The number of halogens is 1. The molecule has 0 aliphatic carbocycles. The number of nitrogens with zero attached hydrogens (tertiary/aromatic N) is 1. The second-order valence-electron chi connectivity index (χ2n) is 2.84. The summed E-state index contributed by atoms with van der Waals surface area (Å²) in [5, 5.41) is 0. The molecule has 0 aliphatic heterocycles. The van der Waals surface area contributed by atoms with Crippen molar-refractivity contribution in [2.24, 2.45) is 0 Å². The summed E-state index contributed by atoms with van der Waals surface area (Å²) in [6.45, 7) is 6.41. The monoisotopic (exact) mass is 230 g/mol. The van der Waals surface area contributed by atoms with E-state index in [4.69, 9.17) is 10.5 Å². The normalized spacial score (nSPS) is 9.13. The molecule has 0 fully saturated rings. The first-order valence-electron chi connectivity index (χ1n) is 4.42. The first kappa shape index (κ1) is 13.6. The molecule has 0 unspecified atom stereocenters. The third-order valence-corrected chi connectivity index (χ3v) is 1.83. The molecule has 0 amide bonds. The summed E-state index contributed by atoms with van der Waals surface area (Å²) < 4.78 is 6.70. The average molecular weight is 231 g/mol. The average Bonchev–Trinajstić information content (AvgIpc) is 2.56. The number of hydrogen-bond donors (Lipinski definition) is 1. The summed E-state index contributed by atoms with van der Waals surface area (Å²) in [7, 11) is 0. The topological polar surface area (TPSA) is 57.2 Å². The number of rotatable bonds is 4. The Balaban J connectivity index is 0.00000196. The number of esters is 1. The molecule has 0 aliphatic rings. The summed E-state index contributed by atoms with van der Waals surface area (Å²) in [4.78, 5) is 11.4. The van der Waals surface area contributed by atoms with Crippen molar-refractivity contribution in [1.82, 2.24) is 4.57 Å². The van der Waals surface area contributed by atoms with Crippen LogP contribution < -0.4 is 5.73 Å². The van der Waals surface area contributed by atoms with Crippen LogP contribution in [-0.4, -0.2) is 17.1 Å². The number of aryl methyl sites for hydroxylation is 1. The SMILES string of the molecule is C=CCOC(=O)c1cn(CC)cc1N.Cl. The van der Waals surface area contributed by atoms with Gasteiger partial charge in [-0.15, -0.1) is 12.4 Å². The van der Waals surface area contributed by atoms with E-state index in [1.807, 2.05) is 11.5 Å². The minimum atomic E-state index is -0.408. The van der Waals surface area contributed by atoms with Crippen LogP contribution in [-0.2, 0) is 11.3 Å². The van der Waals surface area contributed by atoms with Gasteiger partial charge in [-0.2, -0.15) is 0 Å². The van der Waals surface area contributed by atoms with E-state index in [-0.39, 0.29) is 19.0 Å². The van der Waals surface area contributed by atoms with Crippen molar-refractivity contribution in [2.75, 3.05) is 12.3 Å². The molecular weight excluding hydrogens is 216 g/mol. The first-order valence-corrected chi connectivity index (χ1v) is 4.42. The molecule has 84 valence electrons. The Hall–Kier alpha value is -1.42. The molecule has 4 nitrogen and oxygen atoms in total. The predicted molar refractivity (Wildman–Crippen MR) is 62.2 cm³/mol. The molecule has 1 aromatic heterocycles. The molecule has 5 heteroatoms. The second kappa shape index (κ2) is 6.14. The van der Waals surface area contributed by atoms with E-state index in [0.29, 0.717) is 11.3 Å². The highest BCUT2D eigenvalue weighted by atomic mass is 35.5. The number of ether oxygens (including phenoxy) is 1. The van der Waals surface area contributed by atoms with E-state index in [1.54, 1.807) is 12.4 Å². The first-order chi connectivity index (χ1) is 6.69. The van der Waals surface area contributed by atoms with Gasteiger partial charge in [0.15, 0.2) is 0 Å². The van der Waals surface area contributed by atoms with Gasteiger partial charge in [0.25, 0.3) is 0 Å². The summed E-state index contributed by atoms with van der Waals surface area (Å²) in [5.41, 5.74) is 6.50. The fraction of sp³-hybridized carbons (Fsp3) is 0.300. The van der Waals surface area contributed by atoms with Gasteiger partial charge in [0.05, 0.1) is 5.69 Å². The maximum Gasteiger partial charge on any atom is 0.342 e. The Bertz CT molecular complexity index is 347. The zero-order valence-corrected chi connectivity index (χ0v) is 9.42. The van der Waals surface area contributed by atoms with Gasteiger partial charge in [-0.1, -0.05) is 12.7 Å². The molecule has 0 bridgehead atoms. The number of aromatic nitrogens is 1. The Morgan fingerprint density at radius 1 is 1.67 bits per heavy atom. The van der Waals surface area contributed by atoms with E-state index in [0.717, 1.165) is 6.54 Å². The van der Waals surface area contributed by atoms with Crippen molar-refractivity contribution < 1.29 is 9.53 Å². The third-order valence-electron chi connectivity index (χ3n) is 1.83. The minimum absolute atomic E-state index is 0. The lowest BCUT2D eigenvalue weighted by molar-refractivity contribution is 0.0551. The molecule has 0 saturated carbocycles. The predicted octanol–water partition coefficient (Wildman–Crippen LogP) is 1.85. The Kier molecular flexibility index (Phi) is 5.56. The fourth-order valence-electron chi connectivity index (χ4n) is 1.09. The van der Waals surface area contributed by atoms with E-state index >= 15 is 0 Å². The largest absolute Gasteiger partial charge is 0.458 e. The molecule has 0 saturated heterocycles. The number of carbonyl (C=O) groups is 1. The maximum atomic E-state index is 11.4. The van der Waals surface area contributed by atoms with Gasteiger partial charge in [-0.05, 0) is 6.92 Å². The van der Waals surface area contributed by atoms with Crippen LogP contribution in [0.4, 0.5) is 5.69 Å². The van der Waals surface area contributed by atoms with E-state index in [2.05, 4.69) is 6.58 Å². The number of carbonyl (C=O) groups excluding carboxylic acids is 1. The van der Waals surface area contributed by atoms with Gasteiger partial charge in [-0.25, -0.2) is 4.79 Å². The van der Waals surface area contributed by atoms with Crippen LogP contribution in [0.1, 0.15) is 17.3 Å². The van der Waals surface area contributed by atoms with Gasteiger partial charge >= 0.3 is 5.97 Å². The molecule has 0 spiro atoms. The Labute approximate surface area is 95.1 Å². The van der Waals surface area contributed by atoms with Crippen molar-refractivity contribution in [2.45, 2.75) is 13.5 Å². The van der Waals surface area contributed by atoms with Crippen LogP contribution in [0.25, 0.3) is 0 Å². The minimum Gasteiger partial charge on any atom is -0.458 e. The number of anilines is 1. The maximum absolute atomic E-state index is 11.4. The summed E-state index contributed by atoms with van der Waals surface area (Å²) in [6.07, 6.45) is 4.91. The van der Waals surface area contributed by atoms with Crippen LogP contribution in [0, 0.1) is 0 Å². The second-order valence-corrected chi connectivity index (χ2v) is 2.84. The van der Waals surface area contributed by atoms with Crippen LogP contribution in [0.2, 0.25) is 0 Å². The fourth-order valence-corrected chi connectivity index (χ4v) is 1.09. The quantitative estimate of drug-likeness (QED) is 0.635. The molecule has 2 N–H and O–H groups in total. The van der Waals surface area contributed by atoms with Crippen LogP contribution in [0.15, 0.2) is 25.0 Å². The molecular formula is C10H15ClN2O2. The van der Waals surface area contributed by atoms with Crippen molar-refractivity contribution in [3.63, 3.8) is 0 Å². The molecule has 0 atom stereocenters. The van der Waals surface area contributed by atoms with Crippen LogP contribution in [0.3, 0.4) is 0 Å². The van der Waals surface area contributed by atoms with E-state index in [9.17, 15) is 4.79 Å². The lowest BCUT2D eigenvalue weighted by Gasteiger charge is -1.99. The van der Waals surface area contributed by atoms with Gasteiger partial charge in [0.2, 0.25) is 0 Å². The molecule has 0 aromatic carbocycles. The zero-order valence-electron chi connectivity index (χ0n) is 8.60. The van der Waals surface area contributed by atoms with E-state index < -0.39 is 5.97 Å².